The molecular weight excluding hydrogens is 258 g/mol. The Morgan fingerprint density at radius 3 is 2.85 bits per heavy atom. The number of fused-ring (bicyclic) bond motifs is 1. The van der Waals surface area contributed by atoms with Crippen molar-refractivity contribution < 1.29 is 9.47 Å². The van der Waals surface area contributed by atoms with Crippen LogP contribution < -0.4 is 20.5 Å². The summed E-state index contributed by atoms with van der Waals surface area (Å²) in [6, 6.07) is 5.92. The molecule has 0 amide bonds. The lowest BCUT2D eigenvalue weighted by atomic mass is 10.1. The number of H-pyrrole nitrogens is 1. The molecule has 2 aromatic rings. The number of rotatable bonds is 4. The van der Waals surface area contributed by atoms with E-state index in [1.807, 2.05) is 32.0 Å². The molecule has 0 fully saturated rings. The Balaban J connectivity index is 0.000000704. The topological polar surface area (TPSA) is 98.1 Å². The zero-order valence-electron chi connectivity index (χ0n) is 11.6. The zero-order valence-corrected chi connectivity index (χ0v) is 11.6. The van der Waals surface area contributed by atoms with Gasteiger partial charge in [-0.25, -0.2) is 5.10 Å². The number of aromatic amines is 1. The second-order valence-electron chi connectivity index (χ2n) is 3.91. The normalized spacial score (nSPS) is 11.7. The Labute approximate surface area is 117 Å². The molecule has 1 aliphatic rings. The lowest BCUT2D eigenvalue weighted by molar-refractivity contribution is 0.174. The summed E-state index contributed by atoms with van der Waals surface area (Å²) >= 11 is 0. The van der Waals surface area contributed by atoms with E-state index in [9.17, 15) is 0 Å². The van der Waals surface area contributed by atoms with Crippen LogP contribution >= 0.6 is 0 Å². The first-order valence-electron chi connectivity index (χ1n) is 6.61. The number of nitrogens with two attached hydrogens (primary N) is 1. The van der Waals surface area contributed by atoms with Crippen LogP contribution in [0.15, 0.2) is 18.2 Å². The third-order valence-electron chi connectivity index (χ3n) is 2.64. The maximum Gasteiger partial charge on any atom is 0.243 e. The molecule has 1 aromatic heterocycles. The van der Waals surface area contributed by atoms with E-state index in [2.05, 4.69) is 20.5 Å². The van der Waals surface area contributed by atoms with Crippen molar-refractivity contribution in [2.45, 2.75) is 20.3 Å². The van der Waals surface area contributed by atoms with Crippen molar-refractivity contribution >= 4 is 11.9 Å². The lowest BCUT2D eigenvalue weighted by Gasteiger charge is -2.03. The van der Waals surface area contributed by atoms with Gasteiger partial charge in [-0.2, -0.15) is 4.98 Å². The molecule has 7 heteroatoms. The molecule has 7 nitrogen and oxygen atoms in total. The second kappa shape index (κ2) is 6.65. The number of ether oxygens (including phenoxy) is 2. The highest BCUT2D eigenvalue weighted by molar-refractivity contribution is 5.44. The monoisotopic (exact) mass is 277 g/mol. The van der Waals surface area contributed by atoms with Crippen molar-refractivity contribution in [1.82, 2.24) is 15.2 Å². The Bertz CT molecular complexity index is 555. The van der Waals surface area contributed by atoms with Crippen LogP contribution in [0.5, 0.6) is 11.5 Å². The van der Waals surface area contributed by atoms with Gasteiger partial charge in [0.05, 0.1) is 0 Å². The number of benzene rings is 1. The van der Waals surface area contributed by atoms with Crippen LogP contribution in [0.3, 0.4) is 0 Å². The number of anilines is 2. The number of nitrogen functional groups attached to an aromatic ring is 1. The summed E-state index contributed by atoms with van der Waals surface area (Å²) in [4.78, 5) is 3.96. The number of nitrogens with one attached hydrogen (secondary N) is 2. The standard InChI is InChI=1S/C11H13N5O2.C2H6/c12-10-14-11(16-15-10)13-4-3-7-1-2-8-9(5-7)18-6-17-8;1-2/h1-2,5H,3-4,6H2,(H4,12,13,14,15,16);1-2H3. The first kappa shape index (κ1) is 14.0. The van der Waals surface area contributed by atoms with Crippen LogP contribution in [0.1, 0.15) is 19.4 Å². The minimum Gasteiger partial charge on any atom is -0.454 e. The smallest absolute Gasteiger partial charge is 0.243 e. The van der Waals surface area contributed by atoms with Crippen LogP contribution in [0.2, 0.25) is 0 Å². The van der Waals surface area contributed by atoms with Crippen LogP contribution in [-0.4, -0.2) is 28.5 Å². The molecule has 0 saturated heterocycles. The van der Waals surface area contributed by atoms with Gasteiger partial charge in [0.25, 0.3) is 0 Å². The third-order valence-corrected chi connectivity index (χ3v) is 2.64. The summed E-state index contributed by atoms with van der Waals surface area (Å²) in [6.45, 7) is 5.02. The molecule has 1 aromatic carbocycles. The van der Waals surface area contributed by atoms with Gasteiger partial charge >= 0.3 is 0 Å². The molecule has 0 aliphatic carbocycles. The van der Waals surface area contributed by atoms with Crippen molar-refractivity contribution in [1.29, 1.82) is 0 Å². The maximum atomic E-state index is 5.42. The third kappa shape index (κ3) is 3.31. The van der Waals surface area contributed by atoms with E-state index in [1.165, 1.54) is 0 Å². The van der Waals surface area contributed by atoms with Gasteiger partial charge in [-0.3, -0.25) is 0 Å². The zero-order chi connectivity index (χ0) is 14.4. The maximum absolute atomic E-state index is 5.42. The van der Waals surface area contributed by atoms with E-state index >= 15 is 0 Å². The van der Waals surface area contributed by atoms with Gasteiger partial charge in [-0.05, 0) is 24.1 Å². The van der Waals surface area contributed by atoms with Gasteiger partial charge in [-0.15, -0.1) is 5.10 Å². The summed E-state index contributed by atoms with van der Waals surface area (Å²) < 4.78 is 10.6. The minimum absolute atomic E-state index is 0.299. The molecule has 0 radical (unpaired) electrons. The SMILES string of the molecule is CC.Nc1nc(NCCc2ccc3c(c2)OCO3)n[nH]1. The second-order valence-corrected chi connectivity index (χ2v) is 3.91. The molecule has 2 heterocycles. The summed E-state index contributed by atoms with van der Waals surface area (Å²) in [5, 5.41) is 9.53. The lowest BCUT2D eigenvalue weighted by Crippen LogP contribution is -2.06. The van der Waals surface area contributed by atoms with Gasteiger partial charge in [0.2, 0.25) is 18.7 Å². The minimum atomic E-state index is 0.299. The highest BCUT2D eigenvalue weighted by Gasteiger charge is 2.12. The van der Waals surface area contributed by atoms with Crippen molar-refractivity contribution in [3.8, 4) is 11.5 Å². The number of hydrogen-bond donors (Lipinski definition) is 3. The molecule has 4 N–H and O–H groups in total. The fourth-order valence-electron chi connectivity index (χ4n) is 1.77. The molecule has 0 saturated carbocycles. The van der Waals surface area contributed by atoms with Crippen LogP contribution in [0.4, 0.5) is 11.9 Å². The fourth-order valence-corrected chi connectivity index (χ4v) is 1.77. The number of nitrogens with zero attached hydrogens (tertiary/aromatic N) is 2. The van der Waals surface area contributed by atoms with Gasteiger partial charge in [0.1, 0.15) is 0 Å². The molecule has 20 heavy (non-hydrogen) atoms. The van der Waals surface area contributed by atoms with Crippen LogP contribution in [0, 0.1) is 0 Å². The number of hydrogen-bond acceptors (Lipinski definition) is 6. The van der Waals surface area contributed by atoms with E-state index < -0.39 is 0 Å². The predicted octanol–water partition coefficient (Wildman–Crippen LogP) is 1.80. The van der Waals surface area contributed by atoms with E-state index in [-0.39, 0.29) is 0 Å². The van der Waals surface area contributed by atoms with Gasteiger partial charge < -0.3 is 20.5 Å². The van der Waals surface area contributed by atoms with Crippen molar-refractivity contribution in [2.75, 3.05) is 24.4 Å². The Hall–Kier alpha value is -2.44. The molecule has 0 atom stereocenters. The highest BCUT2D eigenvalue weighted by Crippen LogP contribution is 2.32. The van der Waals surface area contributed by atoms with E-state index in [0.717, 1.165) is 30.0 Å². The molecule has 1 aliphatic heterocycles. The molecular formula is C13H19N5O2. The van der Waals surface area contributed by atoms with Crippen molar-refractivity contribution in [3.05, 3.63) is 23.8 Å². The first-order valence-corrected chi connectivity index (χ1v) is 6.61. The van der Waals surface area contributed by atoms with Gasteiger partial charge in [0.15, 0.2) is 11.5 Å². The largest absolute Gasteiger partial charge is 0.454 e. The average molecular weight is 277 g/mol. The summed E-state index contributed by atoms with van der Waals surface area (Å²) in [6.07, 6.45) is 0.838. The molecule has 0 unspecified atom stereocenters. The predicted molar refractivity (Wildman–Crippen MR) is 76.9 cm³/mol. The molecule has 0 spiro atoms. The molecule has 0 bridgehead atoms. The molecule has 108 valence electrons. The Morgan fingerprint density at radius 1 is 1.30 bits per heavy atom. The first-order chi connectivity index (χ1) is 9.81. The van der Waals surface area contributed by atoms with Crippen molar-refractivity contribution in [2.24, 2.45) is 0 Å². The summed E-state index contributed by atoms with van der Waals surface area (Å²) in [5.74, 6) is 2.41. The quantitative estimate of drug-likeness (QED) is 0.788. The number of aromatic nitrogens is 3. The van der Waals surface area contributed by atoms with Crippen LogP contribution in [0.25, 0.3) is 0 Å². The summed E-state index contributed by atoms with van der Waals surface area (Å²) in [5.41, 5.74) is 6.59. The van der Waals surface area contributed by atoms with E-state index in [1.54, 1.807) is 0 Å². The Morgan fingerprint density at radius 2 is 2.10 bits per heavy atom. The molecule has 3 rings (SSSR count). The van der Waals surface area contributed by atoms with E-state index in [0.29, 0.717) is 18.7 Å². The van der Waals surface area contributed by atoms with Crippen molar-refractivity contribution in [3.63, 3.8) is 0 Å². The highest BCUT2D eigenvalue weighted by atomic mass is 16.7. The van der Waals surface area contributed by atoms with Gasteiger partial charge in [0, 0.05) is 6.54 Å². The van der Waals surface area contributed by atoms with Crippen LogP contribution in [-0.2, 0) is 6.42 Å². The van der Waals surface area contributed by atoms with E-state index in [4.69, 9.17) is 15.2 Å². The summed E-state index contributed by atoms with van der Waals surface area (Å²) in [7, 11) is 0. The fraction of sp³-hybridized carbons (Fsp3) is 0.385. The Kier molecular flexibility index (Phi) is 4.65. The average Bonchev–Trinajstić information content (AvgIpc) is 3.09. The van der Waals surface area contributed by atoms with Gasteiger partial charge in [-0.1, -0.05) is 19.9 Å².